The molecule has 0 fully saturated rings. The largest absolute Gasteiger partial charge is 0.606 e. The standard InChI is InChI=1S/C36H27N3O4S2/c1-36(2,3)39-34(40)32-26(37-22-12-4-8-16-28(22)44(42)29-17-9-5-13-23(29)37)20-21-27(33(32)35(39)41)38-24-14-6-10-18-30(24)45(43)31-19-11-7-15-25(31)38/h4-21H,1-3H3. The van der Waals surface area contributed by atoms with Gasteiger partial charge in [0.15, 0.2) is 19.6 Å². The molecule has 0 aromatic heterocycles. The number of hydrogen-bond acceptors (Lipinski definition) is 6. The first kappa shape index (κ1) is 28.0. The number of carbonyl (C=O) groups excluding carboxylic acids is 2. The first-order valence-electron chi connectivity index (χ1n) is 14.5. The van der Waals surface area contributed by atoms with Crippen LogP contribution in [0.4, 0.5) is 34.1 Å². The lowest BCUT2D eigenvalue weighted by molar-refractivity contribution is 0.0508. The van der Waals surface area contributed by atoms with Crippen molar-refractivity contribution in [2.45, 2.75) is 45.9 Å². The van der Waals surface area contributed by atoms with E-state index in [1.165, 1.54) is 4.90 Å². The number of fused-ring (bicyclic) bond motifs is 5. The van der Waals surface area contributed by atoms with Crippen molar-refractivity contribution in [3.63, 3.8) is 0 Å². The van der Waals surface area contributed by atoms with Gasteiger partial charge in [0, 0.05) is 27.9 Å². The Hall–Kier alpha value is -4.54. The highest BCUT2D eigenvalue weighted by Crippen LogP contribution is 2.54. The molecule has 3 aliphatic rings. The normalized spacial score (nSPS) is 15.9. The molecular weight excluding hydrogens is 603 g/mol. The second-order valence-electron chi connectivity index (χ2n) is 12.0. The Kier molecular flexibility index (Phi) is 6.21. The van der Waals surface area contributed by atoms with E-state index in [2.05, 4.69) is 0 Å². The topological polar surface area (TPSA) is 90.0 Å². The number of anilines is 6. The zero-order valence-electron chi connectivity index (χ0n) is 24.7. The molecule has 45 heavy (non-hydrogen) atoms. The molecule has 5 aromatic rings. The Morgan fingerprint density at radius 1 is 0.467 bits per heavy atom. The van der Waals surface area contributed by atoms with Gasteiger partial charge in [-0.3, -0.25) is 14.5 Å². The predicted molar refractivity (Wildman–Crippen MR) is 175 cm³/mol. The number of imide groups is 1. The summed E-state index contributed by atoms with van der Waals surface area (Å²) in [5, 5.41) is 0. The summed E-state index contributed by atoms with van der Waals surface area (Å²) >= 11 is -2.84. The van der Waals surface area contributed by atoms with Gasteiger partial charge in [0.05, 0.1) is 22.5 Å². The third-order valence-electron chi connectivity index (χ3n) is 8.37. The highest BCUT2D eigenvalue weighted by atomic mass is 32.2. The van der Waals surface area contributed by atoms with Crippen LogP contribution in [0.25, 0.3) is 0 Å². The molecular formula is C36H27N3O4S2. The van der Waals surface area contributed by atoms with Crippen molar-refractivity contribution in [2.24, 2.45) is 0 Å². The summed E-state index contributed by atoms with van der Waals surface area (Å²) < 4.78 is 27.3. The third kappa shape index (κ3) is 3.95. The summed E-state index contributed by atoms with van der Waals surface area (Å²) in [5.41, 5.74) is 3.52. The van der Waals surface area contributed by atoms with Gasteiger partial charge in [-0.2, -0.15) is 0 Å². The summed E-state index contributed by atoms with van der Waals surface area (Å²) in [7, 11) is 0. The number of carbonyl (C=O) groups is 2. The van der Waals surface area contributed by atoms with Gasteiger partial charge in [-0.25, -0.2) is 0 Å². The Morgan fingerprint density at radius 2 is 0.756 bits per heavy atom. The molecule has 222 valence electrons. The number of hydrogen-bond donors (Lipinski definition) is 0. The molecule has 8 rings (SSSR count). The van der Waals surface area contributed by atoms with Gasteiger partial charge >= 0.3 is 0 Å². The number of benzene rings is 5. The van der Waals surface area contributed by atoms with Crippen molar-refractivity contribution in [3.05, 3.63) is 120 Å². The molecule has 0 atom stereocenters. The van der Waals surface area contributed by atoms with Crippen LogP contribution in [0.1, 0.15) is 41.5 Å². The van der Waals surface area contributed by atoms with E-state index in [1.807, 2.05) is 140 Å². The number of rotatable bonds is 2. The van der Waals surface area contributed by atoms with Gasteiger partial charge in [0.2, 0.25) is 0 Å². The molecule has 0 bridgehead atoms. The predicted octanol–water partition coefficient (Wildman–Crippen LogP) is 7.98. The lowest BCUT2D eigenvalue weighted by atomic mass is 10.0. The van der Waals surface area contributed by atoms with Crippen molar-refractivity contribution in [1.82, 2.24) is 4.90 Å². The van der Waals surface area contributed by atoms with E-state index >= 15 is 0 Å². The number of para-hydroxylation sites is 4. The summed E-state index contributed by atoms with van der Waals surface area (Å²) in [6, 6.07) is 33.5. The maximum absolute atomic E-state index is 14.5. The van der Waals surface area contributed by atoms with Crippen molar-refractivity contribution in [3.8, 4) is 0 Å². The molecule has 0 unspecified atom stereocenters. The molecule has 9 heteroatoms. The zero-order chi connectivity index (χ0) is 31.2. The first-order chi connectivity index (χ1) is 21.7. The molecule has 0 saturated carbocycles. The fraction of sp³-hybridized carbons (Fsp3) is 0.111. The van der Waals surface area contributed by atoms with Crippen molar-refractivity contribution >= 4 is 68.3 Å². The quantitative estimate of drug-likeness (QED) is 0.145. The molecule has 0 spiro atoms. The van der Waals surface area contributed by atoms with Crippen LogP contribution in [-0.2, 0) is 22.4 Å². The number of amides is 2. The van der Waals surface area contributed by atoms with Crippen LogP contribution in [0.2, 0.25) is 0 Å². The minimum atomic E-state index is -1.42. The Bertz CT molecular complexity index is 1840. The van der Waals surface area contributed by atoms with E-state index in [9.17, 15) is 18.7 Å². The highest BCUT2D eigenvalue weighted by Gasteiger charge is 2.49. The molecule has 5 aromatic carbocycles. The fourth-order valence-corrected chi connectivity index (χ4v) is 9.20. The third-order valence-corrected chi connectivity index (χ3v) is 11.4. The highest BCUT2D eigenvalue weighted by molar-refractivity contribution is 7.92. The van der Waals surface area contributed by atoms with Gasteiger partial charge < -0.3 is 18.9 Å². The molecule has 0 N–H and O–H groups in total. The smallest absolute Gasteiger partial charge is 0.264 e. The zero-order valence-corrected chi connectivity index (χ0v) is 26.3. The van der Waals surface area contributed by atoms with E-state index < -0.39 is 39.7 Å². The van der Waals surface area contributed by atoms with Crippen LogP contribution in [-0.4, -0.2) is 31.4 Å². The van der Waals surface area contributed by atoms with Crippen LogP contribution >= 0.6 is 0 Å². The number of nitrogens with zero attached hydrogens (tertiary/aromatic N) is 3. The molecule has 0 aliphatic carbocycles. The Balaban J connectivity index is 1.44. The van der Waals surface area contributed by atoms with Crippen LogP contribution < -0.4 is 9.80 Å². The van der Waals surface area contributed by atoms with Crippen LogP contribution in [0, 0.1) is 0 Å². The van der Waals surface area contributed by atoms with Gasteiger partial charge in [-0.05, 0) is 81.4 Å². The average molecular weight is 630 g/mol. The molecule has 3 aliphatic heterocycles. The maximum Gasteiger partial charge on any atom is 0.264 e. The summed E-state index contributed by atoms with van der Waals surface area (Å²) in [6.45, 7) is 5.53. The molecule has 0 saturated heterocycles. The van der Waals surface area contributed by atoms with E-state index in [0.29, 0.717) is 53.7 Å². The minimum Gasteiger partial charge on any atom is -0.606 e. The maximum atomic E-state index is 14.5. The first-order valence-corrected chi connectivity index (χ1v) is 16.8. The summed E-state index contributed by atoms with van der Waals surface area (Å²) in [6.07, 6.45) is 0. The van der Waals surface area contributed by atoms with E-state index in [0.717, 1.165) is 0 Å². The van der Waals surface area contributed by atoms with Crippen LogP contribution in [0.5, 0.6) is 0 Å². The average Bonchev–Trinajstić information content (AvgIpc) is 3.32. The Labute approximate surface area is 267 Å². The van der Waals surface area contributed by atoms with Crippen LogP contribution in [0.3, 0.4) is 0 Å². The molecule has 0 radical (unpaired) electrons. The SMILES string of the molecule is CC(C)(C)N1C(=O)c2c(N3c4ccccc4[S+]([O-])c4ccccc43)ccc(N3c4ccccc4[S+]([O-])c4ccccc43)c2C1=O. The van der Waals surface area contributed by atoms with Gasteiger partial charge in [-0.1, -0.05) is 48.5 Å². The molecule has 3 heterocycles. The lowest BCUT2D eigenvalue weighted by Crippen LogP contribution is -2.45. The Morgan fingerprint density at radius 3 is 1.04 bits per heavy atom. The van der Waals surface area contributed by atoms with Crippen molar-refractivity contribution in [1.29, 1.82) is 0 Å². The molecule has 7 nitrogen and oxygen atoms in total. The summed E-state index contributed by atoms with van der Waals surface area (Å²) in [5.74, 6) is -0.800. The van der Waals surface area contributed by atoms with Gasteiger partial charge in [-0.15, -0.1) is 0 Å². The fourth-order valence-electron chi connectivity index (χ4n) is 6.52. The van der Waals surface area contributed by atoms with E-state index in [-0.39, 0.29) is 11.1 Å². The van der Waals surface area contributed by atoms with Crippen LogP contribution in [0.15, 0.2) is 129 Å². The minimum absolute atomic E-state index is 0.270. The van der Waals surface area contributed by atoms with Crippen molar-refractivity contribution in [2.75, 3.05) is 9.80 Å². The summed E-state index contributed by atoms with van der Waals surface area (Å²) in [4.78, 5) is 36.8. The van der Waals surface area contributed by atoms with E-state index in [1.54, 1.807) is 0 Å². The second kappa shape index (κ2) is 9.98. The monoisotopic (exact) mass is 629 g/mol. The van der Waals surface area contributed by atoms with Crippen molar-refractivity contribution < 1.29 is 18.7 Å². The van der Waals surface area contributed by atoms with Gasteiger partial charge in [0.1, 0.15) is 22.7 Å². The second-order valence-corrected chi connectivity index (χ2v) is 14.9. The van der Waals surface area contributed by atoms with Gasteiger partial charge in [0.25, 0.3) is 11.8 Å². The molecule has 2 amide bonds. The lowest BCUT2D eigenvalue weighted by Gasteiger charge is -2.35. The van der Waals surface area contributed by atoms with E-state index in [4.69, 9.17) is 0 Å².